The fourth-order valence-corrected chi connectivity index (χ4v) is 2.66. The Hall–Kier alpha value is -1.75. The molecule has 2 aliphatic heterocycles. The molecule has 1 aromatic rings. The van der Waals surface area contributed by atoms with Gasteiger partial charge in [-0.2, -0.15) is 0 Å². The zero-order valence-corrected chi connectivity index (χ0v) is 11.7. The summed E-state index contributed by atoms with van der Waals surface area (Å²) in [6, 6.07) is 5.68. The van der Waals surface area contributed by atoms with Gasteiger partial charge in [0.15, 0.2) is 5.75 Å². The van der Waals surface area contributed by atoms with Crippen LogP contribution in [0.3, 0.4) is 0 Å². The summed E-state index contributed by atoms with van der Waals surface area (Å²) in [6.07, 6.45) is 1.07. The number of morpholine rings is 1. The van der Waals surface area contributed by atoms with Crippen molar-refractivity contribution in [1.82, 2.24) is 4.90 Å². The first-order valence-corrected chi connectivity index (χ1v) is 7.20. The molecule has 0 radical (unpaired) electrons. The SMILES string of the molecule is CCC1CN(C(=O)c2cccc3c2OCCN3)CCO1. The lowest BCUT2D eigenvalue weighted by molar-refractivity contribution is -0.0227. The minimum Gasteiger partial charge on any atom is -0.489 e. The summed E-state index contributed by atoms with van der Waals surface area (Å²) < 4.78 is 11.3. The number of fused-ring (bicyclic) bond motifs is 1. The maximum atomic E-state index is 12.7. The molecule has 0 spiro atoms. The standard InChI is InChI=1S/C15H20N2O3/c1-2-11-10-17(7-9-19-11)15(18)12-4-3-5-13-14(12)20-8-6-16-13/h3-5,11,16H,2,6-10H2,1H3. The Labute approximate surface area is 118 Å². The molecular weight excluding hydrogens is 256 g/mol. The van der Waals surface area contributed by atoms with Gasteiger partial charge in [0, 0.05) is 19.6 Å². The molecule has 2 aliphatic rings. The van der Waals surface area contributed by atoms with Crippen molar-refractivity contribution >= 4 is 11.6 Å². The van der Waals surface area contributed by atoms with E-state index in [9.17, 15) is 4.79 Å². The van der Waals surface area contributed by atoms with Gasteiger partial charge in [0.1, 0.15) is 6.61 Å². The highest BCUT2D eigenvalue weighted by molar-refractivity contribution is 5.99. The molecule has 1 N–H and O–H groups in total. The van der Waals surface area contributed by atoms with Crippen molar-refractivity contribution in [2.75, 3.05) is 38.2 Å². The van der Waals surface area contributed by atoms with Gasteiger partial charge in [-0.25, -0.2) is 0 Å². The van der Waals surface area contributed by atoms with Gasteiger partial charge in [0.2, 0.25) is 0 Å². The molecule has 20 heavy (non-hydrogen) atoms. The average molecular weight is 276 g/mol. The third kappa shape index (κ3) is 2.45. The Balaban J connectivity index is 1.83. The van der Waals surface area contributed by atoms with Crippen LogP contribution >= 0.6 is 0 Å². The van der Waals surface area contributed by atoms with Crippen LogP contribution < -0.4 is 10.1 Å². The van der Waals surface area contributed by atoms with E-state index in [1.165, 1.54) is 0 Å². The number of nitrogens with one attached hydrogen (secondary N) is 1. The number of nitrogens with zero attached hydrogens (tertiary/aromatic N) is 1. The van der Waals surface area contributed by atoms with Crippen molar-refractivity contribution in [3.8, 4) is 5.75 Å². The number of amides is 1. The van der Waals surface area contributed by atoms with Gasteiger partial charge in [0.05, 0.1) is 24.0 Å². The number of ether oxygens (including phenoxy) is 2. The van der Waals surface area contributed by atoms with E-state index in [-0.39, 0.29) is 12.0 Å². The summed E-state index contributed by atoms with van der Waals surface area (Å²) in [7, 11) is 0. The lowest BCUT2D eigenvalue weighted by atomic mass is 10.1. The van der Waals surface area contributed by atoms with E-state index < -0.39 is 0 Å². The predicted octanol–water partition coefficient (Wildman–Crippen LogP) is 1.74. The van der Waals surface area contributed by atoms with Gasteiger partial charge in [-0.05, 0) is 18.6 Å². The molecule has 0 saturated carbocycles. The highest BCUT2D eigenvalue weighted by atomic mass is 16.5. The van der Waals surface area contributed by atoms with E-state index in [4.69, 9.17) is 9.47 Å². The Morgan fingerprint density at radius 3 is 3.20 bits per heavy atom. The summed E-state index contributed by atoms with van der Waals surface area (Å²) in [4.78, 5) is 14.6. The molecule has 1 unspecified atom stereocenters. The molecule has 0 aliphatic carbocycles. The van der Waals surface area contributed by atoms with E-state index in [1.807, 2.05) is 23.1 Å². The Bertz CT molecular complexity index is 504. The van der Waals surface area contributed by atoms with E-state index in [0.717, 1.165) is 18.7 Å². The molecule has 1 atom stereocenters. The van der Waals surface area contributed by atoms with Crippen molar-refractivity contribution < 1.29 is 14.3 Å². The van der Waals surface area contributed by atoms with Crippen LogP contribution in [0.2, 0.25) is 0 Å². The molecule has 1 fully saturated rings. The second kappa shape index (κ2) is 5.71. The minimum atomic E-state index is 0.0345. The predicted molar refractivity (Wildman–Crippen MR) is 76.4 cm³/mol. The second-order valence-electron chi connectivity index (χ2n) is 5.11. The Kier molecular flexibility index (Phi) is 3.78. The zero-order chi connectivity index (χ0) is 13.9. The summed E-state index contributed by atoms with van der Waals surface area (Å²) in [6.45, 7) is 5.37. The molecule has 1 amide bonds. The van der Waals surface area contributed by atoms with Crippen molar-refractivity contribution in [3.05, 3.63) is 23.8 Å². The first-order chi connectivity index (χ1) is 9.79. The molecule has 0 aromatic heterocycles. The summed E-state index contributed by atoms with van der Waals surface area (Å²) in [5.74, 6) is 0.718. The maximum absolute atomic E-state index is 12.7. The highest BCUT2D eigenvalue weighted by Crippen LogP contribution is 2.32. The van der Waals surface area contributed by atoms with Crippen molar-refractivity contribution in [1.29, 1.82) is 0 Å². The summed E-state index contributed by atoms with van der Waals surface area (Å²) in [5.41, 5.74) is 1.55. The molecule has 2 heterocycles. The molecule has 1 aromatic carbocycles. The molecule has 3 rings (SSSR count). The fourth-order valence-electron chi connectivity index (χ4n) is 2.66. The van der Waals surface area contributed by atoms with E-state index in [2.05, 4.69) is 12.2 Å². The molecule has 5 heteroatoms. The van der Waals surface area contributed by atoms with Gasteiger partial charge in [-0.1, -0.05) is 13.0 Å². The van der Waals surface area contributed by atoms with Gasteiger partial charge < -0.3 is 19.7 Å². The number of rotatable bonds is 2. The number of para-hydroxylation sites is 1. The van der Waals surface area contributed by atoms with E-state index >= 15 is 0 Å². The minimum absolute atomic E-state index is 0.0345. The normalized spacial score (nSPS) is 21.6. The second-order valence-corrected chi connectivity index (χ2v) is 5.11. The van der Waals surface area contributed by atoms with E-state index in [1.54, 1.807) is 0 Å². The number of carbonyl (C=O) groups excluding carboxylic acids is 1. The molecule has 108 valence electrons. The number of carbonyl (C=O) groups is 1. The van der Waals surface area contributed by atoms with Crippen LogP contribution in [0.25, 0.3) is 0 Å². The van der Waals surface area contributed by atoms with Crippen molar-refractivity contribution in [2.45, 2.75) is 19.4 Å². The molecule has 1 saturated heterocycles. The lowest BCUT2D eigenvalue weighted by Crippen LogP contribution is -2.45. The zero-order valence-electron chi connectivity index (χ0n) is 11.7. The van der Waals surface area contributed by atoms with Crippen LogP contribution in [0.15, 0.2) is 18.2 Å². The maximum Gasteiger partial charge on any atom is 0.257 e. The number of anilines is 1. The average Bonchev–Trinajstić information content (AvgIpc) is 2.53. The Morgan fingerprint density at radius 2 is 2.35 bits per heavy atom. The number of hydrogen-bond acceptors (Lipinski definition) is 4. The first kappa shape index (κ1) is 13.2. The van der Waals surface area contributed by atoms with Crippen molar-refractivity contribution in [3.63, 3.8) is 0 Å². The van der Waals surface area contributed by atoms with Crippen LogP contribution in [0.1, 0.15) is 23.7 Å². The largest absolute Gasteiger partial charge is 0.489 e. The van der Waals surface area contributed by atoms with Gasteiger partial charge in [-0.3, -0.25) is 4.79 Å². The van der Waals surface area contributed by atoms with Gasteiger partial charge in [0.25, 0.3) is 5.91 Å². The van der Waals surface area contributed by atoms with Crippen LogP contribution in [0, 0.1) is 0 Å². The van der Waals surface area contributed by atoms with E-state index in [0.29, 0.717) is 37.6 Å². The van der Waals surface area contributed by atoms with Crippen LogP contribution in [-0.4, -0.2) is 49.8 Å². The fraction of sp³-hybridized carbons (Fsp3) is 0.533. The van der Waals surface area contributed by atoms with Gasteiger partial charge in [-0.15, -0.1) is 0 Å². The summed E-state index contributed by atoms with van der Waals surface area (Å²) in [5, 5.41) is 3.26. The number of benzene rings is 1. The van der Waals surface area contributed by atoms with Gasteiger partial charge >= 0.3 is 0 Å². The monoisotopic (exact) mass is 276 g/mol. The Morgan fingerprint density at radius 1 is 1.45 bits per heavy atom. The third-order valence-electron chi connectivity index (χ3n) is 3.79. The molecular formula is C15H20N2O3. The topological polar surface area (TPSA) is 50.8 Å². The van der Waals surface area contributed by atoms with Crippen LogP contribution in [-0.2, 0) is 4.74 Å². The lowest BCUT2D eigenvalue weighted by Gasteiger charge is -2.33. The smallest absolute Gasteiger partial charge is 0.257 e. The van der Waals surface area contributed by atoms with Crippen LogP contribution in [0.5, 0.6) is 5.75 Å². The molecule has 0 bridgehead atoms. The van der Waals surface area contributed by atoms with Crippen molar-refractivity contribution in [2.24, 2.45) is 0 Å². The van der Waals surface area contributed by atoms with Crippen LogP contribution in [0.4, 0.5) is 5.69 Å². The quantitative estimate of drug-likeness (QED) is 0.894. The third-order valence-corrected chi connectivity index (χ3v) is 3.79. The first-order valence-electron chi connectivity index (χ1n) is 7.20. The molecule has 5 nitrogen and oxygen atoms in total. The number of hydrogen-bond donors (Lipinski definition) is 1. The summed E-state index contributed by atoms with van der Waals surface area (Å²) >= 11 is 0. The highest BCUT2D eigenvalue weighted by Gasteiger charge is 2.27.